The van der Waals surface area contributed by atoms with Crippen LogP contribution in [0.2, 0.25) is 0 Å². The summed E-state index contributed by atoms with van der Waals surface area (Å²) in [6.07, 6.45) is 0. The van der Waals surface area contributed by atoms with Gasteiger partial charge < -0.3 is 37.9 Å². The van der Waals surface area contributed by atoms with Crippen molar-refractivity contribution in [2.45, 2.75) is 40.3 Å². The second-order valence-corrected chi connectivity index (χ2v) is 17.2. The number of carbonyl (C=O) groups excluding carboxylic acids is 1. The van der Waals surface area contributed by atoms with Gasteiger partial charge in [0, 0.05) is 42.8 Å². The van der Waals surface area contributed by atoms with Gasteiger partial charge in [0.25, 0.3) is 0 Å². The van der Waals surface area contributed by atoms with Gasteiger partial charge in [0.2, 0.25) is 0 Å². The van der Waals surface area contributed by atoms with Crippen LogP contribution < -0.4 is 18.9 Å². The molecule has 2 heterocycles. The maximum atomic E-state index is 13.3. The molecule has 0 saturated carbocycles. The minimum atomic E-state index is -3.15. The maximum Gasteiger partial charge on any atom is 0.387 e. The minimum absolute atomic E-state index is 0.128. The van der Waals surface area contributed by atoms with E-state index in [1.807, 2.05) is 73.0 Å². The van der Waals surface area contributed by atoms with E-state index >= 15 is 0 Å². The molecular formula is C53H40Br2F6N2O8. The number of carboxylic acid groups (broad SMARTS) is 1. The number of aromatic carboxylic acids is 1. The number of rotatable bonds is 16. The van der Waals surface area contributed by atoms with Gasteiger partial charge in [0.05, 0.1) is 18.5 Å². The molecule has 0 aliphatic heterocycles. The van der Waals surface area contributed by atoms with Crippen LogP contribution >= 0.6 is 31.9 Å². The monoisotopic (exact) mass is 1100 g/mol. The number of halogens is 8. The number of ether oxygens (including phenoxy) is 5. The Kier molecular flexibility index (Phi) is 16.6. The zero-order valence-corrected chi connectivity index (χ0v) is 40.8. The average Bonchev–Trinajstić information content (AvgIpc) is 3.93. The zero-order valence-electron chi connectivity index (χ0n) is 37.6. The Labute approximate surface area is 419 Å². The van der Waals surface area contributed by atoms with Crippen LogP contribution in [0.4, 0.5) is 26.3 Å². The van der Waals surface area contributed by atoms with E-state index in [4.69, 9.17) is 14.2 Å². The van der Waals surface area contributed by atoms with Crippen molar-refractivity contribution in [3.8, 4) is 56.9 Å². The van der Waals surface area contributed by atoms with E-state index in [0.29, 0.717) is 34.1 Å². The van der Waals surface area contributed by atoms with Gasteiger partial charge in [-0.25, -0.2) is 18.4 Å². The SMILES string of the molecule is COC(=O)c1cc(-n2c(C)ccc2-c2cc(Br)ccc2OCc2ccc(F)cc2)ccc1OC(F)F.Cc1ccc(-c2cc(Br)ccc2OCc2ccc(F)cc2)n1-c1ccc(OC(F)F)c(C(=O)O)c1. The van der Waals surface area contributed by atoms with Gasteiger partial charge in [0.1, 0.15) is 59.0 Å². The van der Waals surface area contributed by atoms with Crippen LogP contribution in [0.15, 0.2) is 155 Å². The molecule has 71 heavy (non-hydrogen) atoms. The molecule has 8 rings (SSSR count). The summed E-state index contributed by atoms with van der Waals surface area (Å²) in [7, 11) is 1.17. The number of carbonyl (C=O) groups is 2. The quantitative estimate of drug-likeness (QED) is 0.0752. The molecule has 0 amide bonds. The highest BCUT2D eigenvalue weighted by Gasteiger charge is 2.23. The van der Waals surface area contributed by atoms with Crippen molar-refractivity contribution in [3.63, 3.8) is 0 Å². The summed E-state index contributed by atoms with van der Waals surface area (Å²) in [6, 6.07) is 38.9. The summed E-state index contributed by atoms with van der Waals surface area (Å²) in [5.41, 5.74) is 6.55. The third kappa shape index (κ3) is 12.7. The number of carboxylic acids is 1. The Hall–Kier alpha value is -7.44. The van der Waals surface area contributed by atoms with E-state index in [0.717, 1.165) is 42.7 Å². The second-order valence-electron chi connectivity index (χ2n) is 15.4. The number of nitrogens with zero attached hydrogens (tertiary/aromatic N) is 2. The van der Waals surface area contributed by atoms with Crippen LogP contribution in [0.5, 0.6) is 23.0 Å². The average molecular weight is 1110 g/mol. The highest BCUT2D eigenvalue weighted by molar-refractivity contribution is 9.10. The van der Waals surface area contributed by atoms with Crippen LogP contribution in [-0.4, -0.2) is 46.5 Å². The Bertz CT molecular complexity index is 3180. The van der Waals surface area contributed by atoms with E-state index in [-0.39, 0.29) is 41.7 Å². The van der Waals surface area contributed by atoms with Gasteiger partial charge in [0.15, 0.2) is 0 Å². The molecular weight excluding hydrogens is 1070 g/mol. The molecule has 6 aromatic carbocycles. The highest BCUT2D eigenvalue weighted by atomic mass is 79.9. The standard InChI is InChI=1S/C27H21BrF3NO4.C26H19BrF3NO4/c1-16-3-10-23(32(16)20-9-12-25(36-27(30)31)22(14-20)26(33)34-2)21-13-18(28)6-11-24(21)35-15-17-4-7-19(29)8-5-17;1-15-2-9-22(31(15)19-8-11-24(35-26(29)30)21(13-19)25(32)33)20-12-17(27)5-10-23(20)34-14-16-3-6-18(28)7-4-16/h3-14,27H,15H2,1-2H3;2-13,26H,14H2,1H3,(H,32,33). The van der Waals surface area contributed by atoms with Crippen molar-refractivity contribution in [2.75, 3.05) is 7.11 Å². The van der Waals surface area contributed by atoms with E-state index in [1.54, 1.807) is 41.0 Å². The van der Waals surface area contributed by atoms with Gasteiger partial charge in [-0.05, 0) is 146 Å². The van der Waals surface area contributed by atoms with E-state index in [1.165, 1.54) is 61.7 Å². The summed E-state index contributed by atoms with van der Waals surface area (Å²) in [5.74, 6) is -2.43. The first-order valence-corrected chi connectivity index (χ1v) is 22.8. The lowest BCUT2D eigenvalue weighted by Gasteiger charge is -2.18. The van der Waals surface area contributed by atoms with Gasteiger partial charge in [-0.15, -0.1) is 0 Å². The normalized spacial score (nSPS) is 11.0. The summed E-state index contributed by atoms with van der Waals surface area (Å²) in [4.78, 5) is 24.0. The smallest absolute Gasteiger partial charge is 0.387 e. The number of aryl methyl sites for hydroxylation is 2. The molecule has 18 heteroatoms. The molecule has 0 bridgehead atoms. The molecule has 0 fully saturated rings. The van der Waals surface area contributed by atoms with E-state index < -0.39 is 30.9 Å². The van der Waals surface area contributed by atoms with Gasteiger partial charge in [-0.2, -0.15) is 17.6 Å². The molecule has 8 aromatic rings. The third-order valence-electron chi connectivity index (χ3n) is 10.7. The predicted octanol–water partition coefficient (Wildman–Crippen LogP) is 14.6. The first-order valence-electron chi connectivity index (χ1n) is 21.2. The third-order valence-corrected chi connectivity index (χ3v) is 11.7. The van der Waals surface area contributed by atoms with Gasteiger partial charge in [-0.3, -0.25) is 0 Å². The molecule has 1 N–H and O–H groups in total. The molecule has 2 aromatic heterocycles. The number of esters is 1. The lowest BCUT2D eigenvalue weighted by molar-refractivity contribution is -0.0511. The maximum absolute atomic E-state index is 13.3. The topological polar surface area (TPSA) is 110 Å². The molecule has 366 valence electrons. The Balaban J connectivity index is 0.000000209. The molecule has 0 radical (unpaired) electrons. The fraction of sp³-hybridized carbons (Fsp3) is 0.132. The Morgan fingerprint density at radius 2 is 0.930 bits per heavy atom. The second kappa shape index (κ2) is 23.0. The molecule has 0 aliphatic rings. The van der Waals surface area contributed by atoms with Crippen LogP contribution in [0.25, 0.3) is 33.9 Å². The summed E-state index contributed by atoms with van der Waals surface area (Å²) >= 11 is 6.98. The summed E-state index contributed by atoms with van der Waals surface area (Å²) < 4.78 is 109. The number of hydrogen-bond acceptors (Lipinski definition) is 7. The van der Waals surface area contributed by atoms with Crippen molar-refractivity contribution >= 4 is 43.8 Å². The lowest BCUT2D eigenvalue weighted by atomic mass is 10.1. The summed E-state index contributed by atoms with van der Waals surface area (Å²) in [6.45, 7) is -2.10. The predicted molar refractivity (Wildman–Crippen MR) is 260 cm³/mol. The van der Waals surface area contributed by atoms with Crippen molar-refractivity contribution in [1.82, 2.24) is 9.13 Å². The molecule has 10 nitrogen and oxygen atoms in total. The Morgan fingerprint density at radius 1 is 0.535 bits per heavy atom. The molecule has 0 spiro atoms. The van der Waals surface area contributed by atoms with E-state index in [9.17, 15) is 41.0 Å². The van der Waals surface area contributed by atoms with Crippen molar-refractivity contribution < 1.29 is 64.7 Å². The highest BCUT2D eigenvalue weighted by Crippen LogP contribution is 2.39. The van der Waals surface area contributed by atoms with Crippen LogP contribution in [0.3, 0.4) is 0 Å². The Morgan fingerprint density at radius 3 is 1.32 bits per heavy atom. The molecule has 0 aliphatic carbocycles. The summed E-state index contributed by atoms with van der Waals surface area (Å²) in [5, 5.41) is 9.55. The number of hydrogen-bond donors (Lipinski definition) is 1. The van der Waals surface area contributed by atoms with Crippen molar-refractivity contribution in [1.29, 1.82) is 0 Å². The number of methoxy groups -OCH3 is 1. The lowest BCUT2D eigenvalue weighted by Crippen LogP contribution is -2.10. The molecule has 0 atom stereocenters. The van der Waals surface area contributed by atoms with Crippen molar-refractivity contribution in [2.24, 2.45) is 0 Å². The first-order chi connectivity index (χ1) is 34.0. The van der Waals surface area contributed by atoms with E-state index in [2.05, 4.69) is 41.3 Å². The van der Waals surface area contributed by atoms with Gasteiger partial charge >= 0.3 is 25.2 Å². The van der Waals surface area contributed by atoms with Crippen LogP contribution in [-0.2, 0) is 18.0 Å². The number of alkyl halides is 4. The largest absolute Gasteiger partial charge is 0.488 e. The van der Waals surface area contributed by atoms with Gasteiger partial charge in [-0.1, -0.05) is 56.1 Å². The van der Waals surface area contributed by atoms with Crippen molar-refractivity contribution in [3.05, 3.63) is 200 Å². The number of benzene rings is 6. The number of aromatic nitrogens is 2. The first kappa shape index (κ1) is 51.4. The molecule has 0 saturated heterocycles. The molecule has 0 unspecified atom stereocenters. The fourth-order valence-electron chi connectivity index (χ4n) is 7.47. The zero-order chi connectivity index (χ0) is 50.9. The fourth-order valence-corrected chi connectivity index (χ4v) is 8.19. The van der Waals surface area contributed by atoms with Crippen LogP contribution in [0.1, 0.15) is 43.2 Å². The minimum Gasteiger partial charge on any atom is -0.488 e. The van der Waals surface area contributed by atoms with Crippen LogP contribution in [0, 0.1) is 25.5 Å².